The number of amides is 1. The van der Waals surface area contributed by atoms with Crippen LogP contribution in [0.5, 0.6) is 0 Å². The quantitative estimate of drug-likeness (QED) is 0.351. The maximum atomic E-state index is 11.0. The Hall–Kier alpha value is -0.940. The molecule has 0 unspecified atom stereocenters. The fraction of sp³-hybridized carbons (Fsp3) is 0.176. The molecule has 2 aromatic carbocycles. The van der Waals surface area contributed by atoms with Crippen LogP contribution in [0.3, 0.4) is 0 Å². The molecular formula is C17H17I2N3OS. The number of nitrogens with one attached hydrogen (secondary N) is 3. The molecular weight excluding hydrogens is 548 g/mol. The third-order valence-electron chi connectivity index (χ3n) is 3.40. The number of hydrogen-bond donors (Lipinski definition) is 3. The van der Waals surface area contributed by atoms with E-state index in [2.05, 4.69) is 81.0 Å². The summed E-state index contributed by atoms with van der Waals surface area (Å²) >= 11 is 10.1. The van der Waals surface area contributed by atoms with E-state index in [0.29, 0.717) is 5.11 Å². The zero-order valence-electron chi connectivity index (χ0n) is 13.5. The Morgan fingerprint density at radius 1 is 0.958 bits per heavy atom. The molecule has 3 N–H and O–H groups in total. The summed E-state index contributed by atoms with van der Waals surface area (Å²) in [5.41, 5.74) is 5.08. The number of carbonyl (C=O) groups is 1. The molecule has 0 saturated heterocycles. The van der Waals surface area contributed by atoms with E-state index in [1.165, 1.54) is 25.2 Å². The lowest BCUT2D eigenvalue weighted by molar-refractivity contribution is -0.114. The number of benzene rings is 2. The van der Waals surface area contributed by atoms with Crippen molar-refractivity contribution in [3.8, 4) is 0 Å². The van der Waals surface area contributed by atoms with Crippen LogP contribution in [0.2, 0.25) is 0 Å². The van der Waals surface area contributed by atoms with E-state index in [0.717, 1.165) is 17.1 Å². The van der Waals surface area contributed by atoms with E-state index in [1.807, 2.05) is 24.3 Å². The molecule has 0 spiro atoms. The average Bonchev–Trinajstić information content (AvgIpc) is 2.52. The Morgan fingerprint density at radius 3 is 2.04 bits per heavy atom. The maximum Gasteiger partial charge on any atom is 0.221 e. The van der Waals surface area contributed by atoms with Gasteiger partial charge in [-0.3, -0.25) is 4.79 Å². The Bertz CT molecular complexity index is 791. The van der Waals surface area contributed by atoms with Crippen molar-refractivity contribution in [1.82, 2.24) is 0 Å². The van der Waals surface area contributed by atoms with Crippen molar-refractivity contribution < 1.29 is 4.79 Å². The van der Waals surface area contributed by atoms with Crippen molar-refractivity contribution in [2.45, 2.75) is 20.8 Å². The molecule has 0 aromatic heterocycles. The first-order chi connectivity index (χ1) is 11.3. The minimum Gasteiger partial charge on any atom is -0.332 e. The molecule has 0 fully saturated rings. The molecule has 4 nitrogen and oxygen atoms in total. The summed E-state index contributed by atoms with van der Waals surface area (Å²) in [5.74, 6) is -0.0908. The lowest BCUT2D eigenvalue weighted by Gasteiger charge is -2.16. The van der Waals surface area contributed by atoms with Gasteiger partial charge in [-0.25, -0.2) is 0 Å². The zero-order chi connectivity index (χ0) is 17.9. The highest BCUT2D eigenvalue weighted by Gasteiger charge is 2.10. The van der Waals surface area contributed by atoms with Gasteiger partial charge in [-0.15, -0.1) is 0 Å². The first kappa shape index (κ1) is 19.4. The van der Waals surface area contributed by atoms with Crippen LogP contribution in [-0.4, -0.2) is 11.0 Å². The summed E-state index contributed by atoms with van der Waals surface area (Å²) in [6.07, 6.45) is 0. The van der Waals surface area contributed by atoms with E-state index < -0.39 is 0 Å². The van der Waals surface area contributed by atoms with Gasteiger partial charge < -0.3 is 16.0 Å². The molecule has 0 aliphatic heterocycles. The normalized spacial score (nSPS) is 10.2. The van der Waals surface area contributed by atoms with Crippen molar-refractivity contribution in [2.24, 2.45) is 0 Å². The maximum absolute atomic E-state index is 11.0. The van der Waals surface area contributed by atoms with Gasteiger partial charge in [0.2, 0.25) is 5.91 Å². The smallest absolute Gasteiger partial charge is 0.221 e. The number of carbonyl (C=O) groups excluding carboxylic acids is 1. The van der Waals surface area contributed by atoms with Crippen molar-refractivity contribution in [3.63, 3.8) is 0 Å². The number of hydrogen-bond acceptors (Lipinski definition) is 2. The molecule has 2 rings (SSSR count). The second-order valence-electron chi connectivity index (χ2n) is 5.31. The molecule has 7 heteroatoms. The summed E-state index contributed by atoms with van der Waals surface area (Å²) in [4.78, 5) is 11.0. The molecule has 2 aromatic rings. The van der Waals surface area contributed by atoms with Crippen LogP contribution < -0.4 is 16.0 Å². The zero-order valence-corrected chi connectivity index (χ0v) is 18.6. The van der Waals surface area contributed by atoms with Gasteiger partial charge in [0.1, 0.15) is 0 Å². The van der Waals surface area contributed by atoms with Crippen LogP contribution in [0.15, 0.2) is 30.3 Å². The number of halogens is 2. The second kappa shape index (κ2) is 8.43. The molecule has 126 valence electrons. The predicted molar refractivity (Wildman–Crippen MR) is 122 cm³/mol. The topological polar surface area (TPSA) is 53.2 Å². The fourth-order valence-corrected chi connectivity index (χ4v) is 4.01. The number of anilines is 3. The molecule has 0 bridgehead atoms. The molecule has 0 aliphatic carbocycles. The van der Waals surface area contributed by atoms with Crippen LogP contribution >= 0.6 is 57.4 Å². The first-order valence-corrected chi connectivity index (χ1v) is 9.75. The van der Waals surface area contributed by atoms with Gasteiger partial charge in [0.25, 0.3) is 0 Å². The van der Waals surface area contributed by atoms with Gasteiger partial charge in [0.05, 0.1) is 0 Å². The van der Waals surface area contributed by atoms with Crippen LogP contribution in [0.1, 0.15) is 18.1 Å². The van der Waals surface area contributed by atoms with Crippen LogP contribution in [-0.2, 0) is 4.79 Å². The fourth-order valence-electron chi connectivity index (χ4n) is 2.10. The highest BCUT2D eigenvalue weighted by molar-refractivity contribution is 14.1. The van der Waals surface area contributed by atoms with E-state index in [-0.39, 0.29) is 5.91 Å². The number of thiocarbonyl (C=S) groups is 1. The first-order valence-electron chi connectivity index (χ1n) is 7.18. The summed E-state index contributed by atoms with van der Waals surface area (Å²) in [6, 6.07) is 9.50. The second-order valence-corrected chi connectivity index (χ2v) is 7.96. The SMILES string of the molecule is CC(=O)Nc1ccc(NC(=S)Nc2cc(I)c(C)c(I)c2C)cc1. The molecule has 0 heterocycles. The summed E-state index contributed by atoms with van der Waals surface area (Å²) in [5, 5.41) is 9.67. The van der Waals surface area contributed by atoms with Crippen molar-refractivity contribution >= 4 is 85.5 Å². The molecule has 0 radical (unpaired) electrons. The minimum absolute atomic E-state index is 0.0908. The molecule has 24 heavy (non-hydrogen) atoms. The standard InChI is InChI=1S/C17H17I2N3OS/c1-9-14(18)8-15(10(2)16(9)19)22-17(24)21-13-6-4-12(5-7-13)20-11(3)23/h4-8H,1-3H3,(H,20,23)(H2,21,22,24). The van der Waals surface area contributed by atoms with E-state index in [9.17, 15) is 4.79 Å². The largest absolute Gasteiger partial charge is 0.332 e. The predicted octanol–water partition coefficient (Wildman–Crippen LogP) is 5.28. The lowest BCUT2D eigenvalue weighted by Crippen LogP contribution is -2.20. The van der Waals surface area contributed by atoms with Gasteiger partial charge in [0, 0.05) is 31.1 Å². The van der Waals surface area contributed by atoms with Crippen molar-refractivity contribution in [2.75, 3.05) is 16.0 Å². The van der Waals surface area contributed by atoms with Crippen LogP contribution in [0.4, 0.5) is 17.1 Å². The summed E-state index contributed by atoms with van der Waals surface area (Å²) in [6.45, 7) is 5.68. The molecule has 0 aliphatic rings. The van der Waals surface area contributed by atoms with Crippen LogP contribution in [0.25, 0.3) is 0 Å². The third-order valence-corrected chi connectivity index (χ3v) is 6.35. The Morgan fingerprint density at radius 2 is 1.50 bits per heavy atom. The van der Waals surface area contributed by atoms with Crippen LogP contribution in [0, 0.1) is 21.0 Å². The lowest BCUT2D eigenvalue weighted by atomic mass is 10.1. The van der Waals surface area contributed by atoms with Gasteiger partial charge in [-0.1, -0.05) is 0 Å². The highest BCUT2D eigenvalue weighted by Crippen LogP contribution is 2.28. The summed E-state index contributed by atoms with van der Waals surface area (Å²) in [7, 11) is 0. The molecule has 0 atom stereocenters. The van der Waals surface area contributed by atoms with Crippen molar-refractivity contribution in [1.29, 1.82) is 0 Å². The third kappa shape index (κ3) is 5.03. The van der Waals surface area contributed by atoms with E-state index in [4.69, 9.17) is 12.2 Å². The van der Waals surface area contributed by atoms with Crippen molar-refractivity contribution in [3.05, 3.63) is 48.6 Å². The molecule has 1 amide bonds. The minimum atomic E-state index is -0.0908. The Kier molecular flexibility index (Phi) is 6.81. The van der Waals surface area contributed by atoms with E-state index in [1.54, 1.807) is 0 Å². The van der Waals surface area contributed by atoms with E-state index >= 15 is 0 Å². The van der Waals surface area contributed by atoms with Gasteiger partial charge in [0.15, 0.2) is 5.11 Å². The number of rotatable bonds is 3. The van der Waals surface area contributed by atoms with Gasteiger partial charge in [-0.05, 0) is 113 Å². The summed E-state index contributed by atoms with van der Waals surface area (Å²) < 4.78 is 2.44. The monoisotopic (exact) mass is 565 g/mol. The highest BCUT2D eigenvalue weighted by atomic mass is 127. The Labute approximate surface area is 174 Å². The van der Waals surface area contributed by atoms with Gasteiger partial charge >= 0.3 is 0 Å². The average molecular weight is 565 g/mol. The van der Waals surface area contributed by atoms with Gasteiger partial charge in [-0.2, -0.15) is 0 Å². The molecule has 0 saturated carbocycles. The Balaban J connectivity index is 2.07.